The molecule has 2 heteroatoms. The van der Waals surface area contributed by atoms with Crippen molar-refractivity contribution < 1.29 is 0 Å². The Bertz CT molecular complexity index is 386. The third kappa shape index (κ3) is 1.52. The van der Waals surface area contributed by atoms with Crippen LogP contribution in [0.15, 0.2) is 24.3 Å². The number of rotatable bonds is 1. The molecule has 0 aliphatic carbocycles. The van der Waals surface area contributed by atoms with E-state index in [0.29, 0.717) is 18.0 Å². The van der Waals surface area contributed by atoms with Crippen LogP contribution in [0.1, 0.15) is 31.7 Å². The van der Waals surface area contributed by atoms with E-state index in [1.807, 2.05) is 0 Å². The van der Waals surface area contributed by atoms with Gasteiger partial charge in [-0.15, -0.1) is 0 Å². The second kappa shape index (κ2) is 3.77. The molecule has 2 atom stereocenters. The fourth-order valence-corrected chi connectivity index (χ4v) is 3.09. The van der Waals surface area contributed by atoms with Gasteiger partial charge < -0.3 is 10.2 Å². The maximum Gasteiger partial charge on any atom is 0.0379 e. The normalized spacial score (nSPS) is 28.7. The van der Waals surface area contributed by atoms with E-state index in [1.165, 1.54) is 30.8 Å². The number of nitrogens with one attached hydrogen (secondary N) is 1. The van der Waals surface area contributed by atoms with Crippen molar-refractivity contribution in [2.75, 3.05) is 18.4 Å². The molecule has 0 saturated carbocycles. The Balaban J connectivity index is 1.87. The molecule has 0 aromatic heterocycles. The van der Waals surface area contributed by atoms with Crippen LogP contribution in [0, 0.1) is 0 Å². The molecular weight excluding hydrogens is 196 g/mol. The fourth-order valence-electron chi connectivity index (χ4n) is 3.09. The molecular formula is C14H20N2. The third-order valence-corrected chi connectivity index (χ3v) is 4.08. The quantitative estimate of drug-likeness (QED) is 0.776. The average molecular weight is 216 g/mol. The molecule has 0 amide bonds. The number of nitrogens with zero attached hydrogens (tertiary/aromatic N) is 1. The van der Waals surface area contributed by atoms with Crippen LogP contribution in [0.4, 0.5) is 5.69 Å². The topological polar surface area (TPSA) is 15.3 Å². The Morgan fingerprint density at radius 1 is 1.31 bits per heavy atom. The van der Waals surface area contributed by atoms with Gasteiger partial charge in [-0.1, -0.05) is 18.2 Å². The predicted octanol–water partition coefficient (Wildman–Crippen LogP) is 2.68. The van der Waals surface area contributed by atoms with Crippen molar-refractivity contribution in [3.63, 3.8) is 0 Å². The van der Waals surface area contributed by atoms with Crippen LogP contribution in [0.3, 0.4) is 0 Å². The molecule has 1 aromatic rings. The molecule has 86 valence electrons. The first-order valence-corrected chi connectivity index (χ1v) is 6.35. The summed E-state index contributed by atoms with van der Waals surface area (Å²) in [5.41, 5.74) is 2.89. The van der Waals surface area contributed by atoms with Gasteiger partial charge in [-0.05, 0) is 31.9 Å². The van der Waals surface area contributed by atoms with E-state index in [1.54, 1.807) is 0 Å². The molecule has 2 unspecified atom stereocenters. The molecule has 16 heavy (non-hydrogen) atoms. The van der Waals surface area contributed by atoms with Crippen molar-refractivity contribution in [1.82, 2.24) is 4.90 Å². The summed E-state index contributed by atoms with van der Waals surface area (Å²) in [4.78, 5) is 2.60. The first-order chi connectivity index (χ1) is 7.75. The summed E-state index contributed by atoms with van der Waals surface area (Å²) < 4.78 is 0. The minimum Gasteiger partial charge on any atom is -0.381 e. The average Bonchev–Trinajstić information content (AvgIpc) is 2.66. The van der Waals surface area contributed by atoms with Gasteiger partial charge in [-0.3, -0.25) is 0 Å². The van der Waals surface area contributed by atoms with E-state index in [4.69, 9.17) is 0 Å². The summed E-state index contributed by atoms with van der Waals surface area (Å²) in [6.07, 6.45) is 1.28. The zero-order valence-electron chi connectivity index (χ0n) is 10.1. The van der Waals surface area contributed by atoms with Gasteiger partial charge in [-0.2, -0.15) is 0 Å². The van der Waals surface area contributed by atoms with E-state index in [0.717, 1.165) is 0 Å². The molecule has 2 heterocycles. The van der Waals surface area contributed by atoms with Gasteiger partial charge in [0.2, 0.25) is 0 Å². The molecule has 1 fully saturated rings. The number of piperidine rings is 1. The molecule has 1 aromatic carbocycles. The zero-order valence-corrected chi connectivity index (χ0v) is 10.1. The number of hydrogen-bond acceptors (Lipinski definition) is 2. The fraction of sp³-hybridized carbons (Fsp3) is 0.571. The Hall–Kier alpha value is -1.02. The molecule has 0 bridgehead atoms. The lowest BCUT2D eigenvalue weighted by Gasteiger charge is -2.37. The van der Waals surface area contributed by atoms with Crippen LogP contribution in [-0.4, -0.2) is 30.1 Å². The van der Waals surface area contributed by atoms with E-state index < -0.39 is 0 Å². The van der Waals surface area contributed by atoms with Gasteiger partial charge >= 0.3 is 0 Å². The van der Waals surface area contributed by atoms with Gasteiger partial charge in [-0.25, -0.2) is 0 Å². The minimum absolute atomic E-state index is 0.674. The lowest BCUT2D eigenvalue weighted by molar-refractivity contribution is 0.163. The molecule has 2 aliphatic rings. The Morgan fingerprint density at radius 3 is 2.94 bits per heavy atom. The molecule has 1 saturated heterocycles. The van der Waals surface area contributed by atoms with Gasteiger partial charge in [0, 0.05) is 36.8 Å². The smallest absolute Gasteiger partial charge is 0.0379 e. The Kier molecular flexibility index (Phi) is 2.40. The number of para-hydroxylation sites is 1. The third-order valence-electron chi connectivity index (χ3n) is 4.08. The van der Waals surface area contributed by atoms with Crippen LogP contribution in [0.25, 0.3) is 0 Å². The second-order valence-electron chi connectivity index (χ2n) is 5.32. The molecule has 0 radical (unpaired) electrons. The molecule has 2 aliphatic heterocycles. The lowest BCUT2D eigenvalue weighted by Crippen LogP contribution is -2.45. The van der Waals surface area contributed by atoms with Crippen molar-refractivity contribution in [3.05, 3.63) is 29.8 Å². The SMILES string of the molecule is CC(C)N1CCC2Nc3ccccc3C2C1. The van der Waals surface area contributed by atoms with Crippen molar-refractivity contribution in [2.24, 2.45) is 0 Å². The van der Waals surface area contributed by atoms with E-state index in [-0.39, 0.29) is 0 Å². The number of benzene rings is 1. The minimum atomic E-state index is 0.674. The highest BCUT2D eigenvalue weighted by Gasteiger charge is 2.36. The monoisotopic (exact) mass is 216 g/mol. The largest absolute Gasteiger partial charge is 0.381 e. The Morgan fingerprint density at radius 2 is 2.12 bits per heavy atom. The van der Waals surface area contributed by atoms with Gasteiger partial charge in [0.25, 0.3) is 0 Å². The summed E-state index contributed by atoms with van der Waals surface area (Å²) in [6.45, 7) is 7.05. The molecule has 3 rings (SSSR count). The number of likely N-dealkylation sites (tertiary alicyclic amines) is 1. The summed E-state index contributed by atoms with van der Waals surface area (Å²) in [6, 6.07) is 10.1. The molecule has 0 spiro atoms. The highest BCUT2D eigenvalue weighted by Crippen LogP contribution is 2.40. The van der Waals surface area contributed by atoms with Gasteiger partial charge in [0.1, 0.15) is 0 Å². The lowest BCUT2D eigenvalue weighted by atomic mass is 9.89. The van der Waals surface area contributed by atoms with Crippen molar-refractivity contribution in [2.45, 2.75) is 38.3 Å². The van der Waals surface area contributed by atoms with E-state index in [2.05, 4.69) is 48.3 Å². The van der Waals surface area contributed by atoms with Crippen LogP contribution in [-0.2, 0) is 0 Å². The predicted molar refractivity (Wildman–Crippen MR) is 67.9 cm³/mol. The van der Waals surface area contributed by atoms with Crippen LogP contribution < -0.4 is 5.32 Å². The van der Waals surface area contributed by atoms with E-state index in [9.17, 15) is 0 Å². The van der Waals surface area contributed by atoms with Crippen LogP contribution in [0.2, 0.25) is 0 Å². The van der Waals surface area contributed by atoms with Crippen molar-refractivity contribution >= 4 is 5.69 Å². The molecule has 2 nitrogen and oxygen atoms in total. The highest BCUT2D eigenvalue weighted by molar-refractivity contribution is 5.59. The summed E-state index contributed by atoms with van der Waals surface area (Å²) in [5.74, 6) is 0.701. The summed E-state index contributed by atoms with van der Waals surface area (Å²) in [7, 11) is 0. The summed E-state index contributed by atoms with van der Waals surface area (Å²) in [5, 5.41) is 3.67. The zero-order chi connectivity index (χ0) is 11.1. The number of fused-ring (bicyclic) bond motifs is 3. The van der Waals surface area contributed by atoms with Crippen LogP contribution >= 0.6 is 0 Å². The summed E-state index contributed by atoms with van der Waals surface area (Å²) >= 11 is 0. The maximum absolute atomic E-state index is 3.67. The molecule has 1 N–H and O–H groups in total. The first kappa shape index (κ1) is 10.2. The van der Waals surface area contributed by atoms with Crippen molar-refractivity contribution in [1.29, 1.82) is 0 Å². The van der Waals surface area contributed by atoms with Gasteiger partial charge in [0.05, 0.1) is 0 Å². The highest BCUT2D eigenvalue weighted by atomic mass is 15.2. The van der Waals surface area contributed by atoms with Gasteiger partial charge in [0.15, 0.2) is 0 Å². The first-order valence-electron chi connectivity index (χ1n) is 6.35. The van der Waals surface area contributed by atoms with E-state index >= 15 is 0 Å². The van der Waals surface area contributed by atoms with Crippen molar-refractivity contribution in [3.8, 4) is 0 Å². The second-order valence-corrected chi connectivity index (χ2v) is 5.32. The standard InChI is InChI=1S/C14H20N2/c1-10(2)16-8-7-14-12(9-16)11-5-3-4-6-13(11)15-14/h3-6,10,12,14-15H,7-9H2,1-2H3. The maximum atomic E-state index is 3.67. The van der Waals surface area contributed by atoms with Crippen LogP contribution in [0.5, 0.6) is 0 Å². The number of hydrogen-bond donors (Lipinski definition) is 1. The Labute approximate surface area is 97.6 Å². The number of anilines is 1.